The van der Waals surface area contributed by atoms with Gasteiger partial charge in [-0.2, -0.15) is 0 Å². The molecule has 2 atom stereocenters. The van der Waals surface area contributed by atoms with Gasteiger partial charge in [0.25, 0.3) is 0 Å². The zero-order chi connectivity index (χ0) is 12.1. The number of nitrogens with zero attached hydrogens (tertiary/aromatic N) is 1. The maximum atomic E-state index is 5.84. The van der Waals surface area contributed by atoms with E-state index in [9.17, 15) is 0 Å². The van der Waals surface area contributed by atoms with E-state index in [1.165, 1.54) is 35.6 Å². The molecule has 2 rings (SSSR count). The summed E-state index contributed by atoms with van der Waals surface area (Å²) in [5.41, 5.74) is 5.84. The van der Waals surface area contributed by atoms with E-state index in [0.717, 1.165) is 19.5 Å². The van der Waals surface area contributed by atoms with Gasteiger partial charge in [-0.3, -0.25) is 0 Å². The van der Waals surface area contributed by atoms with Crippen LogP contribution >= 0.6 is 11.3 Å². The monoisotopic (exact) mass is 253 g/mol. The van der Waals surface area contributed by atoms with Crippen molar-refractivity contribution in [3.8, 4) is 0 Å². The number of thiazole rings is 1. The molecule has 0 aromatic carbocycles. The minimum Gasteiger partial charge on any atom is -0.330 e. The van der Waals surface area contributed by atoms with E-state index in [0.29, 0.717) is 12.0 Å². The third-order valence-corrected chi connectivity index (χ3v) is 4.82. The van der Waals surface area contributed by atoms with Crippen molar-refractivity contribution in [3.63, 3.8) is 0 Å². The molecule has 0 amide bonds. The van der Waals surface area contributed by atoms with Crippen LogP contribution in [-0.2, 0) is 13.0 Å². The third-order valence-electron chi connectivity index (χ3n) is 3.68. The summed E-state index contributed by atoms with van der Waals surface area (Å²) < 4.78 is 0. The van der Waals surface area contributed by atoms with E-state index in [1.807, 2.05) is 17.5 Å². The zero-order valence-corrected chi connectivity index (χ0v) is 11.4. The van der Waals surface area contributed by atoms with Crippen molar-refractivity contribution >= 4 is 11.3 Å². The average molecular weight is 253 g/mol. The second kappa shape index (κ2) is 6.47. The molecule has 0 bridgehead atoms. The molecule has 4 heteroatoms. The molecule has 1 aromatic rings. The Morgan fingerprint density at radius 1 is 1.47 bits per heavy atom. The fourth-order valence-corrected chi connectivity index (χ4v) is 3.38. The fraction of sp³-hybridized carbons (Fsp3) is 0.769. The molecule has 1 heterocycles. The van der Waals surface area contributed by atoms with E-state index in [1.54, 1.807) is 0 Å². The van der Waals surface area contributed by atoms with Gasteiger partial charge in [0.05, 0.1) is 0 Å². The summed E-state index contributed by atoms with van der Waals surface area (Å²) in [6.45, 7) is 3.90. The van der Waals surface area contributed by atoms with Crippen LogP contribution < -0.4 is 11.1 Å². The predicted molar refractivity (Wildman–Crippen MR) is 73.1 cm³/mol. The van der Waals surface area contributed by atoms with Gasteiger partial charge in [-0.15, -0.1) is 11.3 Å². The van der Waals surface area contributed by atoms with Crippen LogP contribution in [0.3, 0.4) is 0 Å². The van der Waals surface area contributed by atoms with Crippen LogP contribution in [0, 0.1) is 5.92 Å². The summed E-state index contributed by atoms with van der Waals surface area (Å²) in [6.07, 6.45) is 8.33. The normalized spacial score (nSPS) is 25.1. The number of nitrogens with two attached hydrogens (primary N) is 1. The summed E-state index contributed by atoms with van der Waals surface area (Å²) >= 11 is 1.83. The Labute approximate surface area is 108 Å². The van der Waals surface area contributed by atoms with Crippen molar-refractivity contribution in [3.05, 3.63) is 16.1 Å². The van der Waals surface area contributed by atoms with Crippen LogP contribution in [0.25, 0.3) is 0 Å². The smallest absolute Gasteiger partial charge is 0.107 e. The van der Waals surface area contributed by atoms with Crippen molar-refractivity contribution in [2.75, 3.05) is 6.54 Å². The van der Waals surface area contributed by atoms with E-state index in [-0.39, 0.29) is 0 Å². The van der Waals surface area contributed by atoms with Gasteiger partial charge in [-0.1, -0.05) is 19.8 Å². The molecule has 96 valence electrons. The van der Waals surface area contributed by atoms with Gasteiger partial charge in [0.2, 0.25) is 0 Å². The number of hydrogen-bond donors (Lipinski definition) is 2. The topological polar surface area (TPSA) is 50.9 Å². The number of nitrogens with one attached hydrogen (secondary N) is 1. The highest BCUT2D eigenvalue weighted by molar-refractivity contribution is 7.11. The van der Waals surface area contributed by atoms with Crippen molar-refractivity contribution < 1.29 is 0 Å². The Balaban J connectivity index is 1.83. The minimum absolute atomic E-state index is 0.600. The molecule has 2 unspecified atom stereocenters. The summed E-state index contributed by atoms with van der Waals surface area (Å²) in [7, 11) is 0. The first kappa shape index (κ1) is 13.0. The Kier molecular flexibility index (Phi) is 4.95. The lowest BCUT2D eigenvalue weighted by atomic mass is 9.84. The first-order valence-corrected chi connectivity index (χ1v) is 7.52. The van der Waals surface area contributed by atoms with Crippen molar-refractivity contribution in [2.45, 2.75) is 51.6 Å². The minimum atomic E-state index is 0.600. The molecule has 1 aromatic heterocycles. The van der Waals surface area contributed by atoms with Gasteiger partial charge in [0, 0.05) is 23.7 Å². The molecule has 3 N–H and O–H groups in total. The van der Waals surface area contributed by atoms with Crippen LogP contribution in [0.15, 0.2) is 6.20 Å². The largest absolute Gasteiger partial charge is 0.330 e. The van der Waals surface area contributed by atoms with Gasteiger partial charge >= 0.3 is 0 Å². The lowest BCUT2D eigenvalue weighted by molar-refractivity contribution is 0.267. The average Bonchev–Trinajstić information content (AvgIpc) is 2.84. The summed E-state index contributed by atoms with van der Waals surface area (Å²) in [5, 5.41) is 4.86. The molecular formula is C13H23N3S. The molecule has 0 spiro atoms. The molecule has 1 fully saturated rings. The highest BCUT2D eigenvalue weighted by atomic mass is 32.1. The lowest BCUT2D eigenvalue weighted by Crippen LogP contribution is -2.41. The first-order chi connectivity index (χ1) is 8.33. The second-order valence-electron chi connectivity index (χ2n) is 4.84. The summed E-state index contributed by atoms with van der Waals surface area (Å²) in [5.74, 6) is 0.661. The number of aromatic nitrogens is 1. The Morgan fingerprint density at radius 2 is 2.29 bits per heavy atom. The Morgan fingerprint density at radius 3 is 3.00 bits per heavy atom. The van der Waals surface area contributed by atoms with Crippen LogP contribution in [0.1, 0.15) is 42.5 Å². The highest BCUT2D eigenvalue weighted by Crippen LogP contribution is 2.24. The first-order valence-electron chi connectivity index (χ1n) is 6.70. The maximum Gasteiger partial charge on any atom is 0.107 e. The molecule has 0 aliphatic heterocycles. The Hall–Kier alpha value is -0.450. The number of hydrogen-bond acceptors (Lipinski definition) is 4. The van der Waals surface area contributed by atoms with E-state index in [2.05, 4.69) is 17.2 Å². The van der Waals surface area contributed by atoms with Gasteiger partial charge in [-0.05, 0) is 31.7 Å². The Bertz CT molecular complexity index is 337. The predicted octanol–water partition coefficient (Wildman–Crippen LogP) is 2.31. The van der Waals surface area contributed by atoms with E-state index in [4.69, 9.17) is 5.73 Å². The van der Waals surface area contributed by atoms with Gasteiger partial charge in [0.15, 0.2) is 0 Å². The number of rotatable bonds is 5. The van der Waals surface area contributed by atoms with Gasteiger partial charge in [0.1, 0.15) is 5.01 Å². The van der Waals surface area contributed by atoms with Gasteiger partial charge in [-0.25, -0.2) is 4.98 Å². The van der Waals surface area contributed by atoms with Crippen LogP contribution in [0.4, 0.5) is 0 Å². The number of aryl methyl sites for hydroxylation is 1. The molecule has 1 aliphatic carbocycles. The quantitative estimate of drug-likeness (QED) is 0.846. The molecule has 1 aliphatic rings. The maximum absolute atomic E-state index is 5.84. The second-order valence-corrected chi connectivity index (χ2v) is 6.04. The molecule has 0 radical (unpaired) electrons. The SMILES string of the molecule is CCc1cnc(CNC2CCCCC2CN)s1. The zero-order valence-electron chi connectivity index (χ0n) is 10.6. The van der Waals surface area contributed by atoms with Crippen LogP contribution in [-0.4, -0.2) is 17.6 Å². The third kappa shape index (κ3) is 3.50. The summed E-state index contributed by atoms with van der Waals surface area (Å²) in [6, 6.07) is 0.600. The highest BCUT2D eigenvalue weighted by Gasteiger charge is 2.23. The molecule has 1 saturated carbocycles. The van der Waals surface area contributed by atoms with Gasteiger partial charge < -0.3 is 11.1 Å². The standard InChI is InChI=1S/C13H23N3S/c1-2-11-8-16-13(17-11)9-15-12-6-4-3-5-10(12)7-14/h8,10,12,15H,2-7,9,14H2,1H3. The van der Waals surface area contributed by atoms with Crippen LogP contribution in [0.5, 0.6) is 0 Å². The molecule has 0 saturated heterocycles. The fourth-order valence-electron chi connectivity index (χ4n) is 2.57. The summed E-state index contributed by atoms with van der Waals surface area (Å²) in [4.78, 5) is 5.82. The van der Waals surface area contributed by atoms with E-state index >= 15 is 0 Å². The van der Waals surface area contributed by atoms with Crippen molar-refractivity contribution in [2.24, 2.45) is 11.7 Å². The van der Waals surface area contributed by atoms with Crippen molar-refractivity contribution in [1.82, 2.24) is 10.3 Å². The van der Waals surface area contributed by atoms with Crippen molar-refractivity contribution in [1.29, 1.82) is 0 Å². The molecule has 3 nitrogen and oxygen atoms in total. The molecule has 17 heavy (non-hydrogen) atoms. The van der Waals surface area contributed by atoms with Crippen LogP contribution in [0.2, 0.25) is 0 Å². The molecular weight excluding hydrogens is 230 g/mol. The lowest BCUT2D eigenvalue weighted by Gasteiger charge is -2.31. The van der Waals surface area contributed by atoms with E-state index < -0.39 is 0 Å².